The number of nitrogens with one attached hydrogen (secondary N) is 1. The van der Waals surface area contributed by atoms with E-state index in [1.54, 1.807) is 30.3 Å². The van der Waals surface area contributed by atoms with Crippen LogP contribution in [0.15, 0.2) is 36.4 Å². The van der Waals surface area contributed by atoms with Gasteiger partial charge in [-0.05, 0) is 23.3 Å². The molecule has 0 saturated carbocycles. The average molecular weight is 352 g/mol. The van der Waals surface area contributed by atoms with Gasteiger partial charge in [0.25, 0.3) is 16.0 Å². The summed E-state index contributed by atoms with van der Waals surface area (Å²) in [7, 11) is -4.34. The van der Waals surface area contributed by atoms with Crippen LogP contribution >= 0.6 is 0 Å². The number of hydrogen-bond acceptors (Lipinski definition) is 5. The first-order chi connectivity index (χ1) is 11.2. The molecule has 128 valence electrons. The quantitative estimate of drug-likeness (QED) is 0.446. The summed E-state index contributed by atoms with van der Waals surface area (Å²) in [6, 6.07) is 8.74. The molecular weight excluding hydrogens is 336 g/mol. The number of aliphatic carboxylic acids is 1. The van der Waals surface area contributed by atoms with E-state index in [0.717, 1.165) is 5.39 Å². The number of nitrogens with two attached hydrogens (primary N) is 1. The molecule has 2 rings (SSSR count). The van der Waals surface area contributed by atoms with Gasteiger partial charge in [0.2, 0.25) is 0 Å². The van der Waals surface area contributed by atoms with E-state index in [4.69, 9.17) is 15.4 Å². The molecule has 1 atom stereocenters. The Morgan fingerprint density at radius 1 is 1.17 bits per heavy atom. The Labute approximate surface area is 138 Å². The summed E-state index contributed by atoms with van der Waals surface area (Å²) < 4.78 is 30.3. The summed E-state index contributed by atoms with van der Waals surface area (Å²) >= 11 is 0. The minimum absolute atomic E-state index is 0.117. The fourth-order valence-electron chi connectivity index (χ4n) is 2.30. The van der Waals surface area contributed by atoms with Gasteiger partial charge < -0.3 is 16.2 Å². The maximum absolute atomic E-state index is 12.5. The molecule has 0 fully saturated rings. The second-order valence-electron chi connectivity index (χ2n) is 5.19. The highest BCUT2D eigenvalue weighted by atomic mass is 32.2. The number of nitrogen functional groups attached to an aromatic ring is 1. The number of anilines is 1. The molecule has 0 saturated heterocycles. The van der Waals surface area contributed by atoms with E-state index in [2.05, 4.69) is 5.32 Å². The van der Waals surface area contributed by atoms with Crippen molar-refractivity contribution in [2.75, 3.05) is 11.5 Å². The van der Waals surface area contributed by atoms with Crippen molar-refractivity contribution in [3.8, 4) is 0 Å². The van der Waals surface area contributed by atoms with Gasteiger partial charge in [0.15, 0.2) is 0 Å². The molecule has 2 aromatic carbocycles. The molecule has 24 heavy (non-hydrogen) atoms. The van der Waals surface area contributed by atoms with Gasteiger partial charge in [-0.2, -0.15) is 8.42 Å². The maximum atomic E-state index is 12.5. The summed E-state index contributed by atoms with van der Waals surface area (Å²) in [6.07, 6.45) is -0.468. The lowest BCUT2D eigenvalue weighted by atomic mass is 10.0. The van der Waals surface area contributed by atoms with Crippen LogP contribution in [0.1, 0.15) is 16.8 Å². The van der Waals surface area contributed by atoms with Crippen LogP contribution in [0.25, 0.3) is 10.8 Å². The fourth-order valence-corrected chi connectivity index (χ4v) is 2.83. The minimum atomic E-state index is -4.34. The van der Waals surface area contributed by atoms with Crippen molar-refractivity contribution in [2.24, 2.45) is 0 Å². The third-order valence-corrected chi connectivity index (χ3v) is 4.21. The van der Waals surface area contributed by atoms with E-state index in [1.807, 2.05) is 0 Å². The van der Waals surface area contributed by atoms with Crippen LogP contribution in [-0.4, -0.2) is 41.7 Å². The molecular formula is C15H16N2O6S. The summed E-state index contributed by atoms with van der Waals surface area (Å²) in [4.78, 5) is 23.7. The molecule has 2 aromatic rings. The van der Waals surface area contributed by atoms with E-state index in [0.29, 0.717) is 5.39 Å². The molecule has 0 spiro atoms. The molecule has 0 unspecified atom stereocenters. The lowest BCUT2D eigenvalue weighted by molar-refractivity contribution is -0.139. The lowest BCUT2D eigenvalue weighted by Crippen LogP contribution is -2.42. The zero-order valence-corrected chi connectivity index (χ0v) is 13.3. The maximum Gasteiger partial charge on any atom is 0.326 e. The van der Waals surface area contributed by atoms with Gasteiger partial charge in [-0.1, -0.05) is 30.3 Å². The monoisotopic (exact) mass is 352 g/mol. The lowest BCUT2D eigenvalue weighted by Gasteiger charge is -2.16. The van der Waals surface area contributed by atoms with Crippen molar-refractivity contribution in [1.82, 2.24) is 5.32 Å². The highest BCUT2D eigenvalue weighted by Crippen LogP contribution is 2.24. The second kappa shape index (κ2) is 6.85. The standard InChI is InChI=1S/C15H16N2O6S/c16-11-6-5-9-3-1-2-4-10(9)13(11)14(18)17-12(15(19)20)7-8-24(21,22)23/h1-6,12H,7-8,16H2,(H,17,18)(H,19,20)(H,21,22,23)/t12-/m0/s1. The predicted molar refractivity (Wildman–Crippen MR) is 88.3 cm³/mol. The van der Waals surface area contributed by atoms with E-state index in [9.17, 15) is 18.0 Å². The first kappa shape index (κ1) is 17.7. The molecule has 0 aromatic heterocycles. The van der Waals surface area contributed by atoms with Gasteiger partial charge in [-0.3, -0.25) is 9.35 Å². The van der Waals surface area contributed by atoms with Gasteiger partial charge in [0.1, 0.15) is 6.04 Å². The first-order valence-corrected chi connectivity index (χ1v) is 8.56. The SMILES string of the molecule is Nc1ccc2ccccc2c1C(=O)N[C@@H](CCS(=O)(=O)O)C(=O)O. The van der Waals surface area contributed by atoms with Crippen LogP contribution in [0, 0.1) is 0 Å². The molecule has 0 radical (unpaired) electrons. The number of benzene rings is 2. The summed E-state index contributed by atoms with van der Waals surface area (Å²) in [5.74, 6) is -2.92. The van der Waals surface area contributed by atoms with E-state index < -0.39 is 40.2 Å². The Bertz CT molecular complexity index is 894. The molecule has 9 heteroatoms. The van der Waals surface area contributed by atoms with E-state index >= 15 is 0 Å². The third kappa shape index (κ3) is 4.21. The summed E-state index contributed by atoms with van der Waals surface area (Å²) in [6.45, 7) is 0. The van der Waals surface area contributed by atoms with E-state index in [-0.39, 0.29) is 11.3 Å². The van der Waals surface area contributed by atoms with Crippen molar-refractivity contribution in [3.63, 3.8) is 0 Å². The zero-order chi connectivity index (χ0) is 17.9. The van der Waals surface area contributed by atoms with Crippen LogP contribution in [0.5, 0.6) is 0 Å². The van der Waals surface area contributed by atoms with Crippen molar-refractivity contribution in [1.29, 1.82) is 0 Å². The van der Waals surface area contributed by atoms with Gasteiger partial charge >= 0.3 is 5.97 Å². The Morgan fingerprint density at radius 2 is 1.83 bits per heavy atom. The van der Waals surface area contributed by atoms with Crippen LogP contribution in [0.3, 0.4) is 0 Å². The van der Waals surface area contributed by atoms with Gasteiger partial charge in [0.05, 0.1) is 11.3 Å². The number of fused-ring (bicyclic) bond motifs is 1. The molecule has 1 amide bonds. The molecule has 0 aliphatic rings. The highest BCUT2D eigenvalue weighted by Gasteiger charge is 2.24. The van der Waals surface area contributed by atoms with Crippen LogP contribution < -0.4 is 11.1 Å². The predicted octanol–water partition coefficient (Wildman–Crippen LogP) is 0.883. The molecule has 0 aliphatic carbocycles. The highest BCUT2D eigenvalue weighted by molar-refractivity contribution is 7.85. The molecule has 8 nitrogen and oxygen atoms in total. The average Bonchev–Trinajstić information content (AvgIpc) is 2.49. The summed E-state index contributed by atoms with van der Waals surface area (Å²) in [5.41, 5.74) is 6.13. The van der Waals surface area contributed by atoms with Crippen LogP contribution in [-0.2, 0) is 14.9 Å². The third-order valence-electron chi connectivity index (χ3n) is 3.46. The topological polar surface area (TPSA) is 147 Å². The Balaban J connectivity index is 2.31. The first-order valence-electron chi connectivity index (χ1n) is 6.95. The normalized spacial score (nSPS) is 12.7. The number of rotatable bonds is 6. The van der Waals surface area contributed by atoms with Crippen LogP contribution in [0.4, 0.5) is 5.69 Å². The Kier molecular flexibility index (Phi) is 5.05. The minimum Gasteiger partial charge on any atom is -0.480 e. The Hall–Kier alpha value is -2.65. The smallest absolute Gasteiger partial charge is 0.326 e. The van der Waals surface area contributed by atoms with Gasteiger partial charge in [-0.25, -0.2) is 4.79 Å². The number of carbonyl (C=O) groups excluding carboxylic acids is 1. The van der Waals surface area contributed by atoms with E-state index in [1.165, 1.54) is 6.07 Å². The van der Waals surface area contributed by atoms with Gasteiger partial charge in [-0.15, -0.1) is 0 Å². The number of carbonyl (C=O) groups is 2. The number of hydrogen-bond donors (Lipinski definition) is 4. The van der Waals surface area contributed by atoms with Gasteiger partial charge in [0, 0.05) is 5.69 Å². The largest absolute Gasteiger partial charge is 0.480 e. The number of carboxylic acids is 1. The van der Waals surface area contributed by atoms with Crippen molar-refractivity contribution < 1.29 is 27.7 Å². The zero-order valence-electron chi connectivity index (χ0n) is 12.5. The van der Waals surface area contributed by atoms with Crippen molar-refractivity contribution in [2.45, 2.75) is 12.5 Å². The number of amides is 1. The second-order valence-corrected chi connectivity index (χ2v) is 6.76. The van der Waals surface area contributed by atoms with Crippen molar-refractivity contribution in [3.05, 3.63) is 42.0 Å². The van der Waals surface area contributed by atoms with Crippen LogP contribution in [0.2, 0.25) is 0 Å². The van der Waals surface area contributed by atoms with Crippen molar-refractivity contribution >= 4 is 38.5 Å². The number of carboxylic acid groups (broad SMARTS) is 1. The summed E-state index contributed by atoms with van der Waals surface area (Å²) in [5, 5.41) is 12.7. The molecule has 0 bridgehead atoms. The molecule has 5 N–H and O–H groups in total. The molecule has 0 heterocycles. The molecule has 0 aliphatic heterocycles. The fraction of sp³-hybridized carbons (Fsp3) is 0.200. The Morgan fingerprint density at radius 3 is 2.46 bits per heavy atom.